The Labute approximate surface area is 111 Å². The van der Waals surface area contributed by atoms with Gasteiger partial charge in [0.05, 0.1) is 10.6 Å². The van der Waals surface area contributed by atoms with Gasteiger partial charge in [-0.1, -0.05) is 13.0 Å². The predicted molar refractivity (Wildman–Crippen MR) is 75.1 cm³/mol. The van der Waals surface area contributed by atoms with Crippen LogP contribution in [0.2, 0.25) is 0 Å². The number of thiophene rings is 1. The Kier molecular flexibility index (Phi) is 4.53. The Bertz CT molecular complexity index is 573. The van der Waals surface area contributed by atoms with E-state index in [1.165, 1.54) is 0 Å². The summed E-state index contributed by atoms with van der Waals surface area (Å²) in [5.41, 5.74) is 5.83. The summed E-state index contributed by atoms with van der Waals surface area (Å²) in [7, 11) is -3.48. The molecule has 18 heavy (non-hydrogen) atoms. The SMILES string of the molecule is C=CCNc1sc(C(=O)CC)c(N)c1S(C)(=O)=O. The number of nitrogens with two attached hydrogens (primary N) is 1. The van der Waals surface area contributed by atoms with Gasteiger partial charge in [0, 0.05) is 19.2 Å². The Morgan fingerprint density at radius 3 is 2.61 bits per heavy atom. The average molecular weight is 288 g/mol. The maximum absolute atomic E-state index is 11.7. The van der Waals surface area contributed by atoms with Crippen molar-refractivity contribution in [1.82, 2.24) is 0 Å². The van der Waals surface area contributed by atoms with Gasteiger partial charge in [-0.05, 0) is 0 Å². The number of nitrogen functional groups attached to an aromatic ring is 1. The number of ketones is 1. The van der Waals surface area contributed by atoms with Gasteiger partial charge in [-0.15, -0.1) is 17.9 Å². The Morgan fingerprint density at radius 2 is 2.17 bits per heavy atom. The molecule has 0 aliphatic heterocycles. The molecule has 0 fully saturated rings. The topological polar surface area (TPSA) is 89.3 Å². The van der Waals surface area contributed by atoms with Gasteiger partial charge < -0.3 is 11.1 Å². The van der Waals surface area contributed by atoms with Crippen LogP contribution in [0.3, 0.4) is 0 Å². The number of carbonyl (C=O) groups is 1. The number of anilines is 2. The summed E-state index contributed by atoms with van der Waals surface area (Å²) in [5, 5.41) is 3.29. The molecule has 5 nitrogen and oxygen atoms in total. The lowest BCUT2D eigenvalue weighted by Crippen LogP contribution is -2.06. The largest absolute Gasteiger partial charge is 0.396 e. The van der Waals surface area contributed by atoms with Gasteiger partial charge in [0.25, 0.3) is 0 Å². The van der Waals surface area contributed by atoms with E-state index in [-0.39, 0.29) is 22.8 Å². The standard InChI is InChI=1S/C11H16N2O3S2/c1-4-6-13-11-10(18(3,15)16)8(12)9(17-11)7(14)5-2/h4,13H,1,5-6,12H2,2-3H3. The molecule has 3 N–H and O–H groups in total. The van der Waals surface area contributed by atoms with Crippen molar-refractivity contribution in [2.24, 2.45) is 0 Å². The predicted octanol–water partition coefficient (Wildman–Crippen LogP) is 1.92. The van der Waals surface area contributed by atoms with Gasteiger partial charge in [0.2, 0.25) is 0 Å². The molecule has 1 rings (SSSR count). The number of sulfone groups is 1. The molecule has 1 aromatic heterocycles. The van der Waals surface area contributed by atoms with Crippen molar-refractivity contribution in [3.05, 3.63) is 17.5 Å². The first-order valence-corrected chi connectivity index (χ1v) is 8.04. The molecule has 0 aliphatic carbocycles. The van der Waals surface area contributed by atoms with Gasteiger partial charge >= 0.3 is 0 Å². The Morgan fingerprint density at radius 1 is 1.56 bits per heavy atom. The number of rotatable bonds is 6. The van der Waals surface area contributed by atoms with Crippen molar-refractivity contribution in [2.75, 3.05) is 23.9 Å². The van der Waals surface area contributed by atoms with Crippen LogP contribution >= 0.6 is 11.3 Å². The van der Waals surface area contributed by atoms with Crippen LogP contribution in [0.5, 0.6) is 0 Å². The van der Waals surface area contributed by atoms with Crippen LogP contribution < -0.4 is 11.1 Å². The molecule has 0 amide bonds. The van der Waals surface area contributed by atoms with Crippen LogP contribution in [0.4, 0.5) is 10.7 Å². The molecular formula is C11H16N2O3S2. The van der Waals surface area contributed by atoms with Gasteiger partial charge in [0.15, 0.2) is 15.6 Å². The van der Waals surface area contributed by atoms with E-state index in [0.29, 0.717) is 16.4 Å². The molecule has 7 heteroatoms. The minimum atomic E-state index is -3.48. The second-order valence-corrected chi connectivity index (χ2v) is 6.69. The van der Waals surface area contributed by atoms with Gasteiger partial charge in [-0.25, -0.2) is 8.42 Å². The van der Waals surface area contributed by atoms with Crippen molar-refractivity contribution in [2.45, 2.75) is 18.2 Å². The van der Waals surface area contributed by atoms with E-state index in [1.54, 1.807) is 13.0 Å². The molecule has 0 aromatic carbocycles. The van der Waals surface area contributed by atoms with Crippen molar-refractivity contribution >= 4 is 37.6 Å². The van der Waals surface area contributed by atoms with Gasteiger partial charge in [0.1, 0.15) is 9.90 Å². The third-order valence-electron chi connectivity index (χ3n) is 2.25. The molecule has 0 unspecified atom stereocenters. The maximum atomic E-state index is 11.7. The summed E-state index contributed by atoms with van der Waals surface area (Å²) in [5.74, 6) is -0.158. The lowest BCUT2D eigenvalue weighted by Gasteiger charge is -2.03. The van der Waals surface area contributed by atoms with E-state index in [2.05, 4.69) is 11.9 Å². The summed E-state index contributed by atoms with van der Waals surface area (Å²) < 4.78 is 23.4. The van der Waals surface area contributed by atoms with E-state index in [0.717, 1.165) is 17.6 Å². The van der Waals surface area contributed by atoms with Crippen molar-refractivity contribution < 1.29 is 13.2 Å². The highest BCUT2D eigenvalue weighted by Gasteiger charge is 2.26. The fourth-order valence-electron chi connectivity index (χ4n) is 1.45. The van der Waals surface area contributed by atoms with E-state index >= 15 is 0 Å². The van der Waals surface area contributed by atoms with Gasteiger partial charge in [-0.2, -0.15) is 0 Å². The van der Waals surface area contributed by atoms with Crippen LogP contribution in [-0.4, -0.2) is 27.0 Å². The minimum Gasteiger partial charge on any atom is -0.396 e. The summed E-state index contributed by atoms with van der Waals surface area (Å²) in [6.45, 7) is 5.65. The first-order chi connectivity index (χ1) is 8.32. The molecule has 0 atom stereocenters. The molecule has 0 bridgehead atoms. The number of carbonyl (C=O) groups excluding carboxylic acids is 1. The highest BCUT2D eigenvalue weighted by atomic mass is 32.2. The van der Waals surface area contributed by atoms with Crippen LogP contribution in [0.15, 0.2) is 17.6 Å². The lowest BCUT2D eigenvalue weighted by atomic mass is 10.2. The smallest absolute Gasteiger partial charge is 0.180 e. The molecule has 0 radical (unpaired) electrons. The maximum Gasteiger partial charge on any atom is 0.180 e. The minimum absolute atomic E-state index is 0.00569. The number of Topliss-reactive ketones (excluding diaryl/α,β-unsaturated/α-hetero) is 1. The van der Waals surface area contributed by atoms with E-state index < -0.39 is 9.84 Å². The average Bonchev–Trinajstić information content (AvgIpc) is 2.62. The first-order valence-electron chi connectivity index (χ1n) is 5.33. The Hall–Kier alpha value is -1.34. The second kappa shape index (κ2) is 5.53. The lowest BCUT2D eigenvalue weighted by molar-refractivity contribution is 0.0992. The summed E-state index contributed by atoms with van der Waals surface area (Å²) in [6, 6.07) is 0. The van der Waals surface area contributed by atoms with Crippen LogP contribution in [0.1, 0.15) is 23.0 Å². The highest BCUT2D eigenvalue weighted by Crippen LogP contribution is 2.39. The number of nitrogens with one attached hydrogen (secondary N) is 1. The molecule has 1 heterocycles. The van der Waals surface area contributed by atoms with E-state index in [1.807, 2.05) is 0 Å². The van der Waals surface area contributed by atoms with Crippen LogP contribution in [0, 0.1) is 0 Å². The summed E-state index contributed by atoms with van der Waals surface area (Å²) in [6.07, 6.45) is 2.96. The number of hydrogen-bond donors (Lipinski definition) is 2. The molecule has 0 spiro atoms. The van der Waals surface area contributed by atoms with Gasteiger partial charge in [-0.3, -0.25) is 4.79 Å². The van der Waals surface area contributed by atoms with Crippen molar-refractivity contribution in [3.63, 3.8) is 0 Å². The molecular weight excluding hydrogens is 272 g/mol. The van der Waals surface area contributed by atoms with E-state index in [4.69, 9.17) is 5.73 Å². The van der Waals surface area contributed by atoms with Crippen LogP contribution in [-0.2, 0) is 9.84 Å². The third kappa shape index (κ3) is 2.91. The second-order valence-electron chi connectivity index (χ2n) is 3.72. The fraction of sp³-hybridized carbons (Fsp3) is 0.364. The monoisotopic (exact) mass is 288 g/mol. The van der Waals surface area contributed by atoms with Crippen molar-refractivity contribution in [1.29, 1.82) is 0 Å². The normalized spacial score (nSPS) is 11.2. The summed E-state index contributed by atoms with van der Waals surface area (Å²) >= 11 is 1.07. The third-order valence-corrected chi connectivity index (χ3v) is 4.75. The molecule has 0 saturated carbocycles. The highest BCUT2D eigenvalue weighted by molar-refractivity contribution is 7.91. The fourth-order valence-corrected chi connectivity index (χ4v) is 4.03. The van der Waals surface area contributed by atoms with E-state index in [9.17, 15) is 13.2 Å². The summed E-state index contributed by atoms with van der Waals surface area (Å²) in [4.78, 5) is 12.0. The number of hydrogen-bond acceptors (Lipinski definition) is 6. The zero-order valence-electron chi connectivity index (χ0n) is 10.3. The van der Waals surface area contributed by atoms with Crippen LogP contribution in [0.25, 0.3) is 0 Å². The molecule has 100 valence electrons. The Balaban J connectivity index is 3.41. The molecule has 0 saturated heterocycles. The molecule has 0 aliphatic rings. The zero-order valence-corrected chi connectivity index (χ0v) is 12.0. The quantitative estimate of drug-likeness (QED) is 0.616. The van der Waals surface area contributed by atoms with Crippen molar-refractivity contribution in [3.8, 4) is 0 Å². The molecule has 1 aromatic rings. The first kappa shape index (κ1) is 14.7. The zero-order chi connectivity index (χ0) is 13.9.